The second-order valence-corrected chi connectivity index (χ2v) is 10.9. The second kappa shape index (κ2) is 29.4. The van der Waals surface area contributed by atoms with Crippen LogP contribution in [0.3, 0.4) is 0 Å². The van der Waals surface area contributed by atoms with Gasteiger partial charge in [-0.25, -0.2) is 0 Å². The quantitative estimate of drug-likeness (QED) is 0.0711. The van der Waals surface area contributed by atoms with Crippen LogP contribution in [-0.2, 0) is 4.79 Å². The van der Waals surface area contributed by atoms with E-state index in [-0.39, 0.29) is 12.5 Å². The summed E-state index contributed by atoms with van der Waals surface area (Å²) < 4.78 is 0. The van der Waals surface area contributed by atoms with Crippen LogP contribution in [0.25, 0.3) is 0 Å². The van der Waals surface area contributed by atoms with Crippen LogP contribution in [-0.4, -0.2) is 34.9 Å². The molecular formula is C33H63NO3. The van der Waals surface area contributed by atoms with Crippen LogP contribution in [0.1, 0.15) is 162 Å². The van der Waals surface area contributed by atoms with Crippen molar-refractivity contribution in [3.05, 3.63) is 24.3 Å². The van der Waals surface area contributed by atoms with E-state index in [2.05, 4.69) is 43.5 Å². The molecule has 0 saturated heterocycles. The van der Waals surface area contributed by atoms with Gasteiger partial charge >= 0.3 is 0 Å². The fourth-order valence-electron chi connectivity index (χ4n) is 4.68. The van der Waals surface area contributed by atoms with Crippen molar-refractivity contribution in [2.75, 3.05) is 6.61 Å². The summed E-state index contributed by atoms with van der Waals surface area (Å²) >= 11 is 0. The fraction of sp³-hybridized carbons (Fsp3) is 0.848. The maximum Gasteiger partial charge on any atom is 0.220 e. The molecule has 4 nitrogen and oxygen atoms in total. The Kier molecular flexibility index (Phi) is 28.5. The molecule has 37 heavy (non-hydrogen) atoms. The maximum atomic E-state index is 12.2. The minimum atomic E-state index is -0.654. The SMILES string of the molecule is CCCCC/C=C\C/C=C\CCCCCCCCCCCC(=O)NC(CO)C(O)CCCCCCCC. The van der Waals surface area contributed by atoms with Gasteiger partial charge in [-0.05, 0) is 44.9 Å². The molecule has 0 aromatic heterocycles. The van der Waals surface area contributed by atoms with Crippen molar-refractivity contribution in [3.8, 4) is 0 Å². The van der Waals surface area contributed by atoms with Gasteiger partial charge < -0.3 is 15.5 Å². The number of hydrogen-bond acceptors (Lipinski definition) is 3. The largest absolute Gasteiger partial charge is 0.394 e. The molecule has 2 unspecified atom stereocenters. The molecule has 0 spiro atoms. The standard InChI is InChI=1S/C33H63NO3/c1-3-5-7-9-11-12-13-14-15-16-17-18-19-20-21-22-23-25-27-29-33(37)34-31(30-35)32(36)28-26-24-10-8-6-4-2/h11-12,14-15,31-32,35-36H,3-10,13,16-30H2,1-2H3,(H,34,37)/b12-11-,15-14-. The number of allylic oxidation sites excluding steroid dienone is 4. The van der Waals surface area contributed by atoms with Gasteiger partial charge in [-0.1, -0.05) is 134 Å². The Labute approximate surface area is 230 Å². The number of hydrogen-bond donors (Lipinski definition) is 3. The first kappa shape index (κ1) is 35.9. The minimum absolute atomic E-state index is 0.0434. The highest BCUT2D eigenvalue weighted by Crippen LogP contribution is 2.13. The Balaban J connectivity index is 3.53. The summed E-state index contributed by atoms with van der Waals surface area (Å²) in [5, 5.41) is 22.7. The molecule has 0 rings (SSSR count). The van der Waals surface area contributed by atoms with E-state index in [1.54, 1.807) is 0 Å². The zero-order chi connectivity index (χ0) is 27.2. The third kappa shape index (κ3) is 26.3. The number of rotatable bonds is 28. The van der Waals surface area contributed by atoms with E-state index in [0.717, 1.165) is 32.1 Å². The van der Waals surface area contributed by atoms with Gasteiger partial charge in [-0.15, -0.1) is 0 Å². The number of unbranched alkanes of at least 4 members (excludes halogenated alkanes) is 17. The van der Waals surface area contributed by atoms with E-state index >= 15 is 0 Å². The van der Waals surface area contributed by atoms with Crippen LogP contribution < -0.4 is 5.32 Å². The lowest BCUT2D eigenvalue weighted by molar-refractivity contribution is -0.123. The van der Waals surface area contributed by atoms with Crippen LogP contribution in [0.2, 0.25) is 0 Å². The summed E-state index contributed by atoms with van der Waals surface area (Å²) in [4.78, 5) is 12.2. The number of carbonyl (C=O) groups is 1. The van der Waals surface area contributed by atoms with Gasteiger partial charge in [0.2, 0.25) is 5.91 Å². The average molecular weight is 522 g/mol. The van der Waals surface area contributed by atoms with Gasteiger partial charge in [0.05, 0.1) is 18.8 Å². The highest BCUT2D eigenvalue weighted by molar-refractivity contribution is 5.76. The summed E-state index contributed by atoms with van der Waals surface area (Å²) in [7, 11) is 0. The first-order valence-corrected chi connectivity index (χ1v) is 16.0. The zero-order valence-electron chi connectivity index (χ0n) is 24.7. The molecule has 3 N–H and O–H groups in total. The Morgan fingerprint density at radius 1 is 0.649 bits per heavy atom. The highest BCUT2D eigenvalue weighted by atomic mass is 16.3. The molecule has 0 aliphatic carbocycles. The lowest BCUT2D eigenvalue weighted by Crippen LogP contribution is -2.45. The maximum absolute atomic E-state index is 12.2. The second-order valence-electron chi connectivity index (χ2n) is 10.9. The summed E-state index contributed by atoms with van der Waals surface area (Å²) in [5.74, 6) is -0.0434. The van der Waals surface area contributed by atoms with E-state index in [1.165, 1.54) is 103 Å². The molecule has 4 heteroatoms. The van der Waals surface area contributed by atoms with Gasteiger partial charge in [0.1, 0.15) is 0 Å². The molecule has 0 aromatic rings. The van der Waals surface area contributed by atoms with E-state index < -0.39 is 12.1 Å². The lowest BCUT2D eigenvalue weighted by atomic mass is 10.0. The van der Waals surface area contributed by atoms with E-state index in [9.17, 15) is 15.0 Å². The van der Waals surface area contributed by atoms with Gasteiger partial charge in [0.25, 0.3) is 0 Å². The first-order valence-electron chi connectivity index (χ1n) is 16.0. The van der Waals surface area contributed by atoms with Crippen LogP contribution in [0.4, 0.5) is 0 Å². The zero-order valence-corrected chi connectivity index (χ0v) is 24.7. The average Bonchev–Trinajstić information content (AvgIpc) is 2.90. The van der Waals surface area contributed by atoms with E-state index in [0.29, 0.717) is 12.8 Å². The molecular weight excluding hydrogens is 458 g/mol. The third-order valence-electron chi connectivity index (χ3n) is 7.22. The van der Waals surface area contributed by atoms with Crippen LogP contribution in [0.15, 0.2) is 24.3 Å². The summed E-state index contributed by atoms with van der Waals surface area (Å²) in [6.45, 7) is 4.26. The molecule has 0 bridgehead atoms. The van der Waals surface area contributed by atoms with Crippen molar-refractivity contribution in [3.63, 3.8) is 0 Å². The number of aliphatic hydroxyl groups excluding tert-OH is 2. The number of amides is 1. The Bertz CT molecular complexity index is 532. The molecule has 0 radical (unpaired) electrons. The van der Waals surface area contributed by atoms with Gasteiger partial charge in [0.15, 0.2) is 0 Å². The number of carbonyl (C=O) groups excluding carboxylic acids is 1. The molecule has 2 atom stereocenters. The van der Waals surface area contributed by atoms with Crippen molar-refractivity contribution in [1.29, 1.82) is 0 Å². The molecule has 0 aromatic carbocycles. The van der Waals surface area contributed by atoms with Gasteiger partial charge in [0, 0.05) is 6.42 Å². The fourth-order valence-corrected chi connectivity index (χ4v) is 4.68. The third-order valence-corrected chi connectivity index (χ3v) is 7.22. The molecule has 218 valence electrons. The number of aliphatic hydroxyl groups is 2. The summed E-state index contributed by atoms with van der Waals surface area (Å²) in [6, 6.07) is -0.532. The van der Waals surface area contributed by atoms with E-state index in [4.69, 9.17) is 0 Å². The lowest BCUT2D eigenvalue weighted by Gasteiger charge is -2.22. The predicted molar refractivity (Wildman–Crippen MR) is 161 cm³/mol. The van der Waals surface area contributed by atoms with Crippen LogP contribution >= 0.6 is 0 Å². The normalized spacial score (nSPS) is 13.5. The summed E-state index contributed by atoms with van der Waals surface area (Å²) in [5.41, 5.74) is 0. The van der Waals surface area contributed by atoms with Crippen molar-refractivity contribution >= 4 is 5.91 Å². The Morgan fingerprint density at radius 3 is 1.68 bits per heavy atom. The molecule has 1 amide bonds. The predicted octanol–water partition coefficient (Wildman–Crippen LogP) is 8.95. The first-order chi connectivity index (χ1) is 18.2. The Morgan fingerprint density at radius 2 is 1.11 bits per heavy atom. The van der Waals surface area contributed by atoms with Crippen LogP contribution in [0.5, 0.6) is 0 Å². The van der Waals surface area contributed by atoms with Crippen molar-refractivity contribution in [2.24, 2.45) is 0 Å². The van der Waals surface area contributed by atoms with Gasteiger partial charge in [-0.2, -0.15) is 0 Å². The topological polar surface area (TPSA) is 69.6 Å². The van der Waals surface area contributed by atoms with Gasteiger partial charge in [-0.3, -0.25) is 4.79 Å². The highest BCUT2D eigenvalue weighted by Gasteiger charge is 2.19. The molecule has 0 saturated carbocycles. The van der Waals surface area contributed by atoms with Crippen molar-refractivity contribution in [1.82, 2.24) is 5.32 Å². The molecule has 0 aliphatic rings. The molecule has 0 heterocycles. The molecule has 0 aliphatic heterocycles. The van der Waals surface area contributed by atoms with Crippen molar-refractivity contribution < 1.29 is 15.0 Å². The van der Waals surface area contributed by atoms with Crippen molar-refractivity contribution in [2.45, 2.75) is 174 Å². The minimum Gasteiger partial charge on any atom is -0.394 e. The summed E-state index contributed by atoms with van der Waals surface area (Å²) in [6.07, 6.45) is 35.2. The number of nitrogens with one attached hydrogen (secondary N) is 1. The van der Waals surface area contributed by atoms with Crippen LogP contribution in [0, 0.1) is 0 Å². The monoisotopic (exact) mass is 521 g/mol. The smallest absolute Gasteiger partial charge is 0.220 e. The molecule has 0 fully saturated rings. The Hall–Kier alpha value is -1.13. The van der Waals surface area contributed by atoms with E-state index in [1.807, 2.05) is 0 Å².